The summed E-state index contributed by atoms with van der Waals surface area (Å²) in [5, 5.41) is 3.54. The Morgan fingerprint density at radius 3 is 2.16 bits per heavy atom. The number of nitrogens with one attached hydrogen (secondary N) is 1. The van der Waals surface area contributed by atoms with Gasteiger partial charge in [-0.1, -0.05) is 83.1 Å². The average Bonchev–Trinajstić information content (AvgIpc) is 2.97. The Morgan fingerprint density at radius 2 is 1.52 bits per heavy atom. The molecule has 5 rings (SSSR count). The molecule has 0 unspecified atom stereocenters. The molecular weight excluding hydrogens is 382 g/mol. The fourth-order valence-electron chi connectivity index (χ4n) is 5.30. The highest BCUT2D eigenvalue weighted by atomic mass is 16.1. The summed E-state index contributed by atoms with van der Waals surface area (Å²) in [6, 6.07) is 16.3. The number of hydrogen-bond acceptors (Lipinski definition) is 3. The molecule has 0 amide bonds. The van der Waals surface area contributed by atoms with Gasteiger partial charge in [0.1, 0.15) is 0 Å². The monoisotopic (exact) mass is 411 g/mol. The van der Waals surface area contributed by atoms with E-state index in [-0.39, 0.29) is 28.3 Å². The van der Waals surface area contributed by atoms with Crippen LogP contribution in [0.3, 0.4) is 0 Å². The van der Waals surface area contributed by atoms with Gasteiger partial charge in [0.2, 0.25) is 0 Å². The van der Waals surface area contributed by atoms with E-state index in [1.54, 1.807) is 0 Å². The van der Waals surface area contributed by atoms with Crippen molar-refractivity contribution in [3.05, 3.63) is 87.6 Å². The van der Waals surface area contributed by atoms with Crippen molar-refractivity contribution in [1.82, 2.24) is 5.32 Å². The quantitative estimate of drug-likeness (QED) is 0.633. The molecule has 1 atom stereocenters. The summed E-state index contributed by atoms with van der Waals surface area (Å²) in [5.41, 5.74) is 7.25. The van der Waals surface area contributed by atoms with E-state index in [2.05, 4.69) is 64.2 Å². The lowest BCUT2D eigenvalue weighted by Gasteiger charge is -2.39. The zero-order chi connectivity index (χ0) is 22.1. The number of carbonyl (C=O) groups is 2. The van der Waals surface area contributed by atoms with Crippen LogP contribution >= 0.6 is 0 Å². The summed E-state index contributed by atoms with van der Waals surface area (Å²) in [6.45, 7) is 10.9. The molecule has 2 aromatic rings. The summed E-state index contributed by atoms with van der Waals surface area (Å²) in [4.78, 5) is 26.9. The third-order valence-corrected chi connectivity index (χ3v) is 6.84. The van der Waals surface area contributed by atoms with Gasteiger partial charge in [0.05, 0.1) is 5.70 Å². The first kappa shape index (κ1) is 20.0. The van der Waals surface area contributed by atoms with Gasteiger partial charge in [0.15, 0.2) is 11.6 Å². The zero-order valence-electron chi connectivity index (χ0n) is 18.9. The molecule has 0 bridgehead atoms. The van der Waals surface area contributed by atoms with Crippen molar-refractivity contribution in [1.29, 1.82) is 0 Å². The lowest BCUT2D eigenvalue weighted by atomic mass is 9.68. The molecule has 0 radical (unpaired) electrons. The van der Waals surface area contributed by atoms with Crippen LogP contribution < -0.4 is 5.32 Å². The number of Topliss-reactive ketones (excluding diaryl/α,β-unsaturated/α-hetero) is 2. The van der Waals surface area contributed by atoms with Crippen molar-refractivity contribution in [3.8, 4) is 0 Å². The first-order valence-electron chi connectivity index (χ1n) is 11.1. The van der Waals surface area contributed by atoms with Gasteiger partial charge in [-0.25, -0.2) is 0 Å². The van der Waals surface area contributed by atoms with Crippen molar-refractivity contribution in [3.63, 3.8) is 0 Å². The van der Waals surface area contributed by atoms with Crippen molar-refractivity contribution >= 4 is 17.3 Å². The third kappa shape index (κ3) is 3.10. The van der Waals surface area contributed by atoms with Gasteiger partial charge in [0, 0.05) is 40.3 Å². The van der Waals surface area contributed by atoms with E-state index >= 15 is 0 Å². The molecule has 3 aliphatic rings. The highest BCUT2D eigenvalue weighted by Crippen LogP contribution is 2.51. The number of benzene rings is 2. The van der Waals surface area contributed by atoms with Crippen LogP contribution in [0, 0.1) is 5.41 Å². The molecule has 0 fully saturated rings. The van der Waals surface area contributed by atoms with Crippen LogP contribution in [0.15, 0.2) is 65.4 Å². The summed E-state index contributed by atoms with van der Waals surface area (Å²) >= 11 is 0. The van der Waals surface area contributed by atoms with E-state index in [1.165, 1.54) is 5.56 Å². The Morgan fingerprint density at radius 1 is 0.871 bits per heavy atom. The summed E-state index contributed by atoms with van der Waals surface area (Å²) in [7, 11) is 0. The topological polar surface area (TPSA) is 46.2 Å². The molecule has 0 aromatic heterocycles. The zero-order valence-corrected chi connectivity index (χ0v) is 18.9. The predicted molar refractivity (Wildman–Crippen MR) is 124 cm³/mol. The maximum absolute atomic E-state index is 13.5. The Bertz CT molecular complexity index is 1190. The van der Waals surface area contributed by atoms with Gasteiger partial charge in [0.25, 0.3) is 0 Å². The molecule has 0 saturated heterocycles. The van der Waals surface area contributed by atoms with E-state index < -0.39 is 0 Å². The minimum atomic E-state index is -0.316. The van der Waals surface area contributed by atoms with Crippen molar-refractivity contribution in [2.45, 2.75) is 58.8 Å². The molecule has 1 aliphatic heterocycles. The van der Waals surface area contributed by atoms with Gasteiger partial charge >= 0.3 is 0 Å². The number of allylic oxidation sites excluding steroid dienone is 3. The number of rotatable bonds is 1. The second kappa shape index (κ2) is 6.53. The maximum atomic E-state index is 13.5. The highest BCUT2D eigenvalue weighted by molar-refractivity contribution is 6.23. The van der Waals surface area contributed by atoms with Crippen LogP contribution in [0.1, 0.15) is 80.4 Å². The van der Waals surface area contributed by atoms with Crippen molar-refractivity contribution < 1.29 is 9.59 Å². The molecule has 2 aliphatic carbocycles. The molecule has 3 heteroatoms. The largest absolute Gasteiger partial charge is 0.358 e. The van der Waals surface area contributed by atoms with Crippen LogP contribution in [-0.2, 0) is 10.2 Å². The van der Waals surface area contributed by atoms with Crippen LogP contribution in [0.5, 0.6) is 0 Å². The van der Waals surface area contributed by atoms with E-state index in [4.69, 9.17) is 0 Å². The molecule has 0 spiro atoms. The van der Waals surface area contributed by atoms with Gasteiger partial charge < -0.3 is 5.32 Å². The van der Waals surface area contributed by atoms with Crippen LogP contribution in [-0.4, -0.2) is 11.6 Å². The number of dihydropyridines is 1. The second-order valence-corrected chi connectivity index (χ2v) is 10.9. The van der Waals surface area contributed by atoms with Crippen LogP contribution in [0.4, 0.5) is 0 Å². The SMILES string of the molecule is CC1(C)CC(=O)C2=C(C1)NC1=C(C(=O)c3ccccc31)[C@H]2c1ccc(C(C)(C)C)cc1. The minimum Gasteiger partial charge on any atom is -0.358 e. The van der Waals surface area contributed by atoms with Crippen LogP contribution in [0.25, 0.3) is 5.70 Å². The lowest BCUT2D eigenvalue weighted by molar-refractivity contribution is -0.118. The summed E-state index contributed by atoms with van der Waals surface area (Å²) in [6.07, 6.45) is 1.31. The molecule has 3 nitrogen and oxygen atoms in total. The fraction of sp³-hybridized carbons (Fsp3) is 0.357. The third-order valence-electron chi connectivity index (χ3n) is 6.84. The van der Waals surface area contributed by atoms with Crippen molar-refractivity contribution in [2.24, 2.45) is 5.41 Å². The minimum absolute atomic E-state index is 0.0344. The lowest BCUT2D eigenvalue weighted by Crippen LogP contribution is -2.37. The molecule has 158 valence electrons. The first-order valence-corrected chi connectivity index (χ1v) is 11.1. The normalized spacial score (nSPS) is 22.2. The van der Waals surface area contributed by atoms with E-state index in [1.807, 2.05) is 24.3 Å². The Kier molecular flexibility index (Phi) is 4.21. The van der Waals surface area contributed by atoms with E-state index in [9.17, 15) is 9.59 Å². The van der Waals surface area contributed by atoms with Gasteiger partial charge in [-0.15, -0.1) is 0 Å². The summed E-state index contributed by atoms with van der Waals surface area (Å²) in [5.74, 6) is -0.130. The molecule has 2 aromatic carbocycles. The molecule has 31 heavy (non-hydrogen) atoms. The summed E-state index contributed by atoms with van der Waals surface area (Å²) < 4.78 is 0. The Labute approximate surface area is 184 Å². The van der Waals surface area contributed by atoms with Gasteiger partial charge in [-0.05, 0) is 28.4 Å². The second-order valence-electron chi connectivity index (χ2n) is 10.9. The molecule has 1 N–H and O–H groups in total. The van der Waals surface area contributed by atoms with Crippen molar-refractivity contribution in [2.75, 3.05) is 0 Å². The number of carbonyl (C=O) groups excluding carboxylic acids is 2. The Balaban J connectivity index is 1.71. The van der Waals surface area contributed by atoms with Gasteiger partial charge in [-0.2, -0.15) is 0 Å². The molecular formula is C28H29NO2. The first-order chi connectivity index (χ1) is 14.6. The van der Waals surface area contributed by atoms with Crippen LogP contribution in [0.2, 0.25) is 0 Å². The molecule has 1 heterocycles. The number of hydrogen-bond donors (Lipinski definition) is 1. The maximum Gasteiger partial charge on any atom is 0.192 e. The van der Waals surface area contributed by atoms with E-state index in [0.717, 1.165) is 45.7 Å². The standard InChI is InChI=1S/C28H29NO2/c1-27(2,3)17-12-10-16(11-13-17)22-23-20(14-28(4,5)15-21(23)30)29-25-18-8-6-7-9-19(18)26(31)24(22)25/h6-13,22,29H,14-15H2,1-5H3/t22-/m0/s1. The van der Waals surface area contributed by atoms with Gasteiger partial charge in [-0.3, -0.25) is 9.59 Å². The fourth-order valence-corrected chi connectivity index (χ4v) is 5.30. The Hall–Kier alpha value is -2.94. The predicted octanol–water partition coefficient (Wildman–Crippen LogP) is 5.92. The van der Waals surface area contributed by atoms with E-state index in [0.29, 0.717) is 6.42 Å². The highest BCUT2D eigenvalue weighted by Gasteiger charge is 2.46. The number of ketones is 2. The molecule has 0 saturated carbocycles. The smallest absolute Gasteiger partial charge is 0.192 e. The average molecular weight is 412 g/mol. The number of fused-ring (bicyclic) bond motifs is 2.